The van der Waals surface area contributed by atoms with Crippen LogP contribution in [0.5, 0.6) is 0 Å². The van der Waals surface area contributed by atoms with Gasteiger partial charge in [0.15, 0.2) is 0 Å². The van der Waals surface area contributed by atoms with E-state index in [4.69, 9.17) is 21.4 Å². The van der Waals surface area contributed by atoms with Gasteiger partial charge in [0.1, 0.15) is 11.1 Å². The van der Waals surface area contributed by atoms with Gasteiger partial charge in [-0.1, -0.05) is 11.6 Å². The van der Waals surface area contributed by atoms with Crippen LogP contribution in [-0.2, 0) is 9.53 Å². The lowest BCUT2D eigenvalue weighted by atomic mass is 9.86. The Labute approximate surface area is 154 Å². The van der Waals surface area contributed by atoms with Crippen molar-refractivity contribution in [2.75, 3.05) is 18.0 Å². The van der Waals surface area contributed by atoms with Gasteiger partial charge in [-0.15, -0.1) is 0 Å². The number of H-pyrrole nitrogens is 1. The first-order chi connectivity index (χ1) is 12.4. The topological polar surface area (TPSA) is 125 Å². The number of aromatic nitrogens is 2. The van der Waals surface area contributed by atoms with E-state index in [0.717, 1.165) is 0 Å². The van der Waals surface area contributed by atoms with Gasteiger partial charge in [0.2, 0.25) is 0 Å². The third kappa shape index (κ3) is 4.27. The third-order valence-corrected chi connectivity index (χ3v) is 5.30. The first-order valence-electron chi connectivity index (χ1n) is 8.62. The van der Waals surface area contributed by atoms with Gasteiger partial charge >= 0.3 is 12.1 Å². The molecular formula is C16H21ClN4O5. The van der Waals surface area contributed by atoms with Crippen LogP contribution < -0.4 is 15.8 Å². The molecule has 0 radical (unpaired) electrons. The minimum atomic E-state index is -0.773. The Morgan fingerprint density at radius 1 is 1.31 bits per heavy atom. The Morgan fingerprint density at radius 3 is 2.73 bits per heavy atom. The molecule has 2 heterocycles. The van der Waals surface area contributed by atoms with E-state index in [1.54, 1.807) is 0 Å². The van der Waals surface area contributed by atoms with Crippen molar-refractivity contribution in [3.8, 4) is 0 Å². The predicted molar refractivity (Wildman–Crippen MR) is 93.5 cm³/mol. The fraction of sp³-hybridized carbons (Fsp3) is 0.625. The largest absolute Gasteiger partial charge is 0.481 e. The molecule has 2 aliphatic rings. The van der Waals surface area contributed by atoms with Crippen LogP contribution in [0.4, 0.5) is 10.5 Å². The zero-order chi connectivity index (χ0) is 18.7. The van der Waals surface area contributed by atoms with E-state index in [1.165, 1.54) is 6.20 Å². The second-order valence-corrected chi connectivity index (χ2v) is 7.07. The summed E-state index contributed by atoms with van der Waals surface area (Å²) in [5, 5.41) is 17.9. The normalized spacial score (nSPS) is 25.7. The van der Waals surface area contributed by atoms with E-state index < -0.39 is 17.6 Å². The fourth-order valence-electron chi connectivity index (χ4n) is 3.47. The summed E-state index contributed by atoms with van der Waals surface area (Å²) in [5.74, 6) is -1.09. The average Bonchev–Trinajstić information content (AvgIpc) is 3.05. The lowest BCUT2D eigenvalue weighted by Gasteiger charge is -2.27. The summed E-state index contributed by atoms with van der Waals surface area (Å²) in [4.78, 5) is 36.4. The molecule has 9 nitrogen and oxygen atoms in total. The van der Waals surface area contributed by atoms with Crippen LogP contribution in [0.3, 0.4) is 0 Å². The predicted octanol–water partition coefficient (Wildman–Crippen LogP) is 1.37. The summed E-state index contributed by atoms with van der Waals surface area (Å²) in [7, 11) is 0. The van der Waals surface area contributed by atoms with E-state index in [-0.39, 0.29) is 23.1 Å². The molecule has 1 saturated carbocycles. The fourth-order valence-corrected chi connectivity index (χ4v) is 3.69. The molecule has 26 heavy (non-hydrogen) atoms. The van der Waals surface area contributed by atoms with Crippen molar-refractivity contribution in [3.63, 3.8) is 0 Å². The van der Waals surface area contributed by atoms with Gasteiger partial charge in [0.25, 0.3) is 5.56 Å². The van der Waals surface area contributed by atoms with Crippen LogP contribution >= 0.6 is 11.6 Å². The van der Waals surface area contributed by atoms with Crippen molar-refractivity contribution in [1.29, 1.82) is 0 Å². The number of aromatic amines is 1. The van der Waals surface area contributed by atoms with Crippen molar-refractivity contribution in [2.45, 2.75) is 44.2 Å². The number of carbonyl (C=O) groups excluding carboxylic acids is 1. The second kappa shape index (κ2) is 7.94. The van der Waals surface area contributed by atoms with Crippen LogP contribution in [0.25, 0.3) is 0 Å². The summed E-state index contributed by atoms with van der Waals surface area (Å²) < 4.78 is 5.45. The third-order valence-electron chi connectivity index (χ3n) is 4.93. The Balaban J connectivity index is 1.47. The minimum Gasteiger partial charge on any atom is -0.481 e. The Bertz CT molecular complexity index is 732. The van der Waals surface area contributed by atoms with Crippen LogP contribution in [0.2, 0.25) is 5.02 Å². The van der Waals surface area contributed by atoms with Gasteiger partial charge < -0.3 is 20.1 Å². The lowest BCUT2D eigenvalue weighted by molar-refractivity contribution is -0.142. The average molecular weight is 385 g/mol. The van der Waals surface area contributed by atoms with Gasteiger partial charge in [-0.05, 0) is 25.7 Å². The van der Waals surface area contributed by atoms with E-state index in [0.29, 0.717) is 50.9 Å². The molecule has 1 atom stereocenters. The number of hydrogen-bond acceptors (Lipinski definition) is 6. The molecule has 0 aromatic carbocycles. The Morgan fingerprint density at radius 2 is 2.04 bits per heavy atom. The van der Waals surface area contributed by atoms with Crippen LogP contribution in [-0.4, -0.2) is 52.6 Å². The number of halogens is 1. The number of amides is 1. The highest BCUT2D eigenvalue weighted by molar-refractivity contribution is 6.33. The van der Waals surface area contributed by atoms with Crippen molar-refractivity contribution in [2.24, 2.45) is 5.92 Å². The first kappa shape index (κ1) is 18.5. The van der Waals surface area contributed by atoms with Crippen molar-refractivity contribution >= 4 is 29.4 Å². The molecule has 0 spiro atoms. The summed E-state index contributed by atoms with van der Waals surface area (Å²) in [6, 6.07) is -0.0538. The van der Waals surface area contributed by atoms with E-state index in [2.05, 4.69) is 15.5 Å². The monoisotopic (exact) mass is 384 g/mol. The molecule has 0 bridgehead atoms. The van der Waals surface area contributed by atoms with E-state index >= 15 is 0 Å². The highest BCUT2D eigenvalue weighted by Gasteiger charge is 2.30. The number of nitrogens with one attached hydrogen (secondary N) is 2. The molecule has 10 heteroatoms. The molecule has 3 N–H and O–H groups in total. The molecular weight excluding hydrogens is 364 g/mol. The highest BCUT2D eigenvalue weighted by atomic mass is 35.5. The molecule has 1 unspecified atom stereocenters. The summed E-state index contributed by atoms with van der Waals surface area (Å²) in [6.07, 6.45) is 3.70. The van der Waals surface area contributed by atoms with Gasteiger partial charge in [-0.3, -0.25) is 9.59 Å². The zero-order valence-corrected chi connectivity index (χ0v) is 14.9. The van der Waals surface area contributed by atoms with E-state index in [1.807, 2.05) is 4.90 Å². The van der Waals surface area contributed by atoms with Crippen LogP contribution in [0, 0.1) is 5.92 Å². The SMILES string of the molecule is O=C(NC1CCC(C(=O)O)CC1)OC1CCN(c2cn[nH]c(=O)c2Cl)C1. The second-order valence-electron chi connectivity index (χ2n) is 6.69. The number of carboxylic acid groups (broad SMARTS) is 1. The number of rotatable bonds is 4. The number of nitrogens with zero attached hydrogens (tertiary/aromatic N) is 2. The molecule has 1 aliphatic heterocycles. The lowest BCUT2D eigenvalue weighted by Crippen LogP contribution is -2.40. The molecule has 1 aliphatic carbocycles. The number of ether oxygens (including phenoxy) is 1. The summed E-state index contributed by atoms with van der Waals surface area (Å²) in [6.45, 7) is 1.04. The number of anilines is 1. The molecule has 1 aromatic rings. The number of hydrogen-bond donors (Lipinski definition) is 3. The molecule has 142 valence electrons. The minimum absolute atomic E-state index is 0.0538. The number of alkyl carbamates (subject to hydrolysis) is 1. The summed E-state index contributed by atoms with van der Waals surface area (Å²) >= 11 is 6.00. The van der Waals surface area contributed by atoms with E-state index in [9.17, 15) is 14.4 Å². The maximum atomic E-state index is 12.1. The standard InChI is InChI=1S/C16H21ClN4O5/c17-13-12(7-18-20-14(13)22)21-6-5-11(8-21)26-16(25)19-10-3-1-9(2-4-10)15(23)24/h7,9-11H,1-6,8H2,(H,19,25)(H,20,22)(H,23,24). The van der Waals surface area contributed by atoms with Crippen molar-refractivity contribution in [3.05, 3.63) is 21.6 Å². The molecule has 1 aromatic heterocycles. The number of aliphatic carboxylic acids is 1. The quantitative estimate of drug-likeness (QED) is 0.715. The van der Waals surface area contributed by atoms with Crippen LogP contribution in [0.15, 0.2) is 11.0 Å². The summed E-state index contributed by atoms with van der Waals surface area (Å²) in [5.41, 5.74) is 0.0668. The maximum absolute atomic E-state index is 12.1. The number of carboxylic acids is 1. The Hall–Kier alpha value is -2.29. The maximum Gasteiger partial charge on any atom is 0.407 e. The van der Waals surface area contributed by atoms with Gasteiger partial charge in [0.05, 0.1) is 24.3 Å². The zero-order valence-electron chi connectivity index (χ0n) is 14.1. The van der Waals surface area contributed by atoms with Crippen LogP contribution in [0.1, 0.15) is 32.1 Å². The van der Waals surface area contributed by atoms with Gasteiger partial charge in [0, 0.05) is 19.0 Å². The smallest absolute Gasteiger partial charge is 0.407 e. The number of carbonyl (C=O) groups is 2. The highest BCUT2D eigenvalue weighted by Crippen LogP contribution is 2.27. The molecule has 2 fully saturated rings. The molecule has 3 rings (SSSR count). The molecule has 1 amide bonds. The van der Waals surface area contributed by atoms with Gasteiger partial charge in [-0.2, -0.15) is 5.10 Å². The Kier molecular flexibility index (Phi) is 5.65. The van der Waals surface area contributed by atoms with Crippen molar-refractivity contribution < 1.29 is 19.4 Å². The first-order valence-corrected chi connectivity index (χ1v) is 9.00. The van der Waals surface area contributed by atoms with Gasteiger partial charge in [-0.25, -0.2) is 9.89 Å². The molecule has 1 saturated heterocycles. The van der Waals surface area contributed by atoms with Crippen molar-refractivity contribution in [1.82, 2.24) is 15.5 Å².